The number of carbonyl (C=O) groups excluding carboxylic acids is 2. The lowest BCUT2D eigenvalue weighted by molar-refractivity contribution is -0.121. The van der Waals surface area contributed by atoms with Gasteiger partial charge in [-0.3, -0.25) is 9.69 Å². The number of nitrogens with one attached hydrogen (secondary N) is 2. The van der Waals surface area contributed by atoms with Crippen LogP contribution in [0.15, 0.2) is 24.3 Å². The van der Waals surface area contributed by atoms with Gasteiger partial charge in [-0.1, -0.05) is 30.7 Å². The molecule has 1 aromatic carbocycles. The fourth-order valence-corrected chi connectivity index (χ4v) is 3.14. The van der Waals surface area contributed by atoms with Crippen LogP contribution in [0.1, 0.15) is 50.7 Å². The molecule has 1 aromatic rings. The first-order chi connectivity index (χ1) is 12.6. The Morgan fingerprint density at radius 1 is 1.15 bits per heavy atom. The van der Waals surface area contributed by atoms with Crippen LogP contribution in [0.25, 0.3) is 0 Å². The predicted molar refractivity (Wildman–Crippen MR) is 102 cm³/mol. The van der Waals surface area contributed by atoms with Crippen molar-refractivity contribution in [3.8, 4) is 0 Å². The van der Waals surface area contributed by atoms with Crippen molar-refractivity contribution in [1.29, 1.82) is 0 Å². The zero-order valence-electron chi connectivity index (χ0n) is 15.9. The Bertz CT molecular complexity index is 574. The Balaban J connectivity index is 1.68. The van der Waals surface area contributed by atoms with Crippen molar-refractivity contribution in [1.82, 2.24) is 15.5 Å². The monoisotopic (exact) mass is 361 g/mol. The van der Waals surface area contributed by atoms with E-state index in [0.29, 0.717) is 19.2 Å². The minimum atomic E-state index is -0.487. The zero-order chi connectivity index (χ0) is 18.8. The number of carbonyl (C=O) groups is 2. The summed E-state index contributed by atoms with van der Waals surface area (Å²) < 4.78 is 4.74. The number of nitrogens with zero attached hydrogens (tertiary/aromatic N) is 1. The molecule has 26 heavy (non-hydrogen) atoms. The van der Waals surface area contributed by atoms with Crippen LogP contribution in [0.5, 0.6) is 0 Å². The summed E-state index contributed by atoms with van der Waals surface area (Å²) in [6, 6.07) is 9.09. The Kier molecular flexibility index (Phi) is 8.41. The number of ether oxygens (including phenoxy) is 1. The molecule has 0 saturated carbocycles. The Hall–Kier alpha value is -2.08. The van der Waals surface area contributed by atoms with Crippen molar-refractivity contribution in [3.05, 3.63) is 35.4 Å². The van der Waals surface area contributed by atoms with Crippen molar-refractivity contribution in [2.45, 2.75) is 58.7 Å². The quantitative estimate of drug-likeness (QED) is 0.747. The first-order valence-electron chi connectivity index (χ1n) is 9.57. The minimum absolute atomic E-state index is 0.0898. The average Bonchev–Trinajstić information content (AvgIpc) is 2.63. The number of amides is 2. The number of hydrogen-bond donors (Lipinski definition) is 2. The number of benzene rings is 1. The maximum atomic E-state index is 11.8. The van der Waals surface area contributed by atoms with Gasteiger partial charge in [0.15, 0.2) is 0 Å². The van der Waals surface area contributed by atoms with Gasteiger partial charge in [0.25, 0.3) is 0 Å². The molecule has 0 bridgehead atoms. The van der Waals surface area contributed by atoms with Gasteiger partial charge < -0.3 is 15.4 Å². The predicted octanol–water partition coefficient (Wildman–Crippen LogP) is 2.81. The molecular weight excluding hydrogens is 330 g/mol. The second kappa shape index (κ2) is 10.8. The van der Waals surface area contributed by atoms with Crippen LogP contribution in [0.3, 0.4) is 0 Å². The lowest BCUT2D eigenvalue weighted by Gasteiger charge is -2.33. The van der Waals surface area contributed by atoms with E-state index in [1.165, 1.54) is 31.4 Å². The fourth-order valence-electron chi connectivity index (χ4n) is 3.14. The summed E-state index contributed by atoms with van der Waals surface area (Å²) >= 11 is 0. The number of likely N-dealkylation sites (tertiary alicyclic amines) is 1. The highest BCUT2D eigenvalue weighted by Crippen LogP contribution is 2.19. The van der Waals surface area contributed by atoms with Crippen molar-refractivity contribution in [3.63, 3.8) is 0 Å². The molecule has 2 rings (SSSR count). The number of alkyl carbamates (subject to hydrolysis) is 1. The summed E-state index contributed by atoms with van der Waals surface area (Å²) in [5, 5.41) is 5.41. The van der Waals surface area contributed by atoms with E-state index in [1.807, 2.05) is 0 Å². The van der Waals surface area contributed by atoms with E-state index in [-0.39, 0.29) is 18.9 Å². The Labute approximate surface area is 156 Å². The Morgan fingerprint density at radius 2 is 1.88 bits per heavy atom. The van der Waals surface area contributed by atoms with E-state index < -0.39 is 6.09 Å². The molecule has 1 unspecified atom stereocenters. The van der Waals surface area contributed by atoms with Crippen LogP contribution >= 0.6 is 0 Å². The molecule has 1 fully saturated rings. The summed E-state index contributed by atoms with van der Waals surface area (Å²) in [7, 11) is 0. The maximum absolute atomic E-state index is 11.8. The molecule has 6 heteroatoms. The minimum Gasteiger partial charge on any atom is -0.450 e. The maximum Gasteiger partial charge on any atom is 0.407 e. The second-order valence-electron chi connectivity index (χ2n) is 6.81. The van der Waals surface area contributed by atoms with Crippen molar-refractivity contribution in [2.75, 3.05) is 19.7 Å². The highest BCUT2D eigenvalue weighted by Gasteiger charge is 2.17. The molecule has 0 aliphatic carbocycles. The summed E-state index contributed by atoms with van der Waals surface area (Å²) in [5.74, 6) is -0.0898. The molecule has 0 spiro atoms. The molecule has 0 radical (unpaired) electrons. The van der Waals surface area contributed by atoms with Gasteiger partial charge in [0.1, 0.15) is 0 Å². The smallest absolute Gasteiger partial charge is 0.407 e. The van der Waals surface area contributed by atoms with E-state index in [4.69, 9.17) is 4.74 Å². The van der Waals surface area contributed by atoms with Gasteiger partial charge in [0.05, 0.1) is 6.61 Å². The first kappa shape index (κ1) is 20.2. The Morgan fingerprint density at radius 3 is 2.58 bits per heavy atom. The molecular formula is C20H31N3O3. The third kappa shape index (κ3) is 7.04. The highest BCUT2D eigenvalue weighted by molar-refractivity contribution is 5.76. The lowest BCUT2D eigenvalue weighted by atomic mass is 10.0. The fraction of sp³-hybridized carbons (Fsp3) is 0.600. The van der Waals surface area contributed by atoms with Crippen molar-refractivity contribution in [2.24, 2.45) is 0 Å². The largest absolute Gasteiger partial charge is 0.450 e. The van der Waals surface area contributed by atoms with Crippen LogP contribution in [0.4, 0.5) is 4.79 Å². The molecule has 2 amide bonds. The molecule has 144 valence electrons. The van der Waals surface area contributed by atoms with E-state index in [2.05, 4.69) is 46.7 Å². The summed E-state index contributed by atoms with van der Waals surface area (Å²) in [5.41, 5.74) is 2.39. The van der Waals surface area contributed by atoms with Gasteiger partial charge in [0.2, 0.25) is 5.91 Å². The van der Waals surface area contributed by atoms with E-state index in [0.717, 1.165) is 12.1 Å². The third-order valence-electron chi connectivity index (χ3n) is 4.74. The van der Waals surface area contributed by atoms with Crippen LogP contribution in [0.2, 0.25) is 0 Å². The van der Waals surface area contributed by atoms with E-state index in [9.17, 15) is 9.59 Å². The normalized spacial score (nSPS) is 17.5. The van der Waals surface area contributed by atoms with Gasteiger partial charge in [-0.2, -0.15) is 0 Å². The molecule has 2 N–H and O–H groups in total. The van der Waals surface area contributed by atoms with Gasteiger partial charge in [-0.15, -0.1) is 0 Å². The lowest BCUT2D eigenvalue weighted by Crippen LogP contribution is -2.36. The molecule has 1 heterocycles. The molecule has 1 aliphatic rings. The van der Waals surface area contributed by atoms with Crippen LogP contribution in [-0.2, 0) is 22.6 Å². The van der Waals surface area contributed by atoms with Gasteiger partial charge in [0, 0.05) is 32.1 Å². The second-order valence-corrected chi connectivity index (χ2v) is 6.81. The first-order valence-corrected chi connectivity index (χ1v) is 9.57. The summed E-state index contributed by atoms with van der Waals surface area (Å²) in [6.45, 7) is 7.32. The van der Waals surface area contributed by atoms with Gasteiger partial charge in [-0.25, -0.2) is 4.79 Å². The molecule has 1 aliphatic heterocycles. The SMILES string of the molecule is CCOC(=O)NCCC(=O)NCc1ccc(CN2CCCCC2C)cc1. The topological polar surface area (TPSA) is 70.7 Å². The molecule has 1 atom stereocenters. The standard InChI is InChI=1S/C20H31N3O3/c1-3-26-20(25)21-12-11-19(24)22-14-17-7-9-18(10-8-17)15-23-13-5-4-6-16(23)2/h7-10,16H,3-6,11-15H2,1-2H3,(H,21,25)(H,22,24). The average molecular weight is 361 g/mol. The number of rotatable bonds is 8. The summed E-state index contributed by atoms with van der Waals surface area (Å²) in [4.78, 5) is 25.5. The van der Waals surface area contributed by atoms with Crippen LogP contribution < -0.4 is 10.6 Å². The molecule has 6 nitrogen and oxygen atoms in total. The van der Waals surface area contributed by atoms with Gasteiger partial charge in [-0.05, 0) is 44.4 Å². The zero-order valence-corrected chi connectivity index (χ0v) is 15.9. The van der Waals surface area contributed by atoms with Crippen LogP contribution in [-0.4, -0.2) is 42.6 Å². The van der Waals surface area contributed by atoms with E-state index >= 15 is 0 Å². The number of hydrogen-bond acceptors (Lipinski definition) is 4. The van der Waals surface area contributed by atoms with E-state index in [1.54, 1.807) is 6.92 Å². The van der Waals surface area contributed by atoms with Crippen molar-refractivity contribution < 1.29 is 14.3 Å². The molecule has 0 aromatic heterocycles. The third-order valence-corrected chi connectivity index (χ3v) is 4.74. The molecule has 1 saturated heterocycles. The van der Waals surface area contributed by atoms with Gasteiger partial charge >= 0.3 is 6.09 Å². The highest BCUT2D eigenvalue weighted by atomic mass is 16.5. The number of piperidine rings is 1. The summed E-state index contributed by atoms with van der Waals surface area (Å²) in [6.07, 6.45) is 3.67. The van der Waals surface area contributed by atoms with Crippen LogP contribution in [0, 0.1) is 0 Å². The van der Waals surface area contributed by atoms with Crippen molar-refractivity contribution >= 4 is 12.0 Å².